The second-order valence-corrected chi connectivity index (χ2v) is 5.50. The average Bonchev–Trinajstić information content (AvgIpc) is 2.75. The van der Waals surface area contributed by atoms with Crippen molar-refractivity contribution in [2.45, 2.75) is 45.2 Å². The van der Waals surface area contributed by atoms with E-state index in [0.29, 0.717) is 6.04 Å². The number of hydrogen-bond acceptors (Lipinski definition) is 3. The molecule has 0 spiro atoms. The van der Waals surface area contributed by atoms with E-state index in [1.807, 2.05) is 0 Å². The molecule has 0 saturated carbocycles. The molecule has 1 aromatic carbocycles. The van der Waals surface area contributed by atoms with Gasteiger partial charge in [-0.05, 0) is 44.4 Å². The Morgan fingerprint density at radius 3 is 2.95 bits per heavy atom. The van der Waals surface area contributed by atoms with Crippen molar-refractivity contribution in [3.05, 3.63) is 29.8 Å². The predicted octanol–water partition coefficient (Wildman–Crippen LogP) is 2.19. The smallest absolute Gasteiger partial charge is 0.0585 e. The van der Waals surface area contributed by atoms with Crippen LogP contribution in [0.2, 0.25) is 0 Å². The molecule has 2 N–H and O–H groups in total. The summed E-state index contributed by atoms with van der Waals surface area (Å²) in [6.07, 6.45) is 3.25. The summed E-state index contributed by atoms with van der Waals surface area (Å²) in [6.45, 7) is 6.66. The van der Waals surface area contributed by atoms with Gasteiger partial charge in [-0.1, -0.05) is 25.1 Å². The van der Waals surface area contributed by atoms with Gasteiger partial charge in [0.25, 0.3) is 0 Å². The van der Waals surface area contributed by atoms with Crippen LogP contribution < -0.4 is 10.2 Å². The molecule has 2 rings (SSSR count). The minimum atomic E-state index is 0.222. The summed E-state index contributed by atoms with van der Waals surface area (Å²) in [5.41, 5.74) is 2.83. The van der Waals surface area contributed by atoms with Gasteiger partial charge in [-0.15, -0.1) is 0 Å². The number of aliphatic hydroxyl groups is 1. The molecule has 1 aromatic rings. The third-order valence-corrected chi connectivity index (χ3v) is 3.97. The van der Waals surface area contributed by atoms with Gasteiger partial charge in [-0.2, -0.15) is 0 Å². The number of para-hydroxylation sites is 1. The van der Waals surface area contributed by atoms with Gasteiger partial charge in [0, 0.05) is 24.3 Å². The molecule has 1 aliphatic heterocycles. The van der Waals surface area contributed by atoms with Crippen molar-refractivity contribution in [1.82, 2.24) is 5.32 Å². The Kier molecular flexibility index (Phi) is 5.23. The van der Waals surface area contributed by atoms with E-state index in [1.165, 1.54) is 11.3 Å². The van der Waals surface area contributed by atoms with Crippen LogP contribution in [-0.2, 0) is 6.42 Å². The molecule has 0 bridgehead atoms. The normalized spacial score (nSPS) is 19.5. The summed E-state index contributed by atoms with van der Waals surface area (Å²) in [5, 5.41) is 12.8. The number of anilines is 1. The number of fused-ring (bicyclic) bond motifs is 1. The maximum Gasteiger partial charge on any atom is 0.0585 e. The zero-order valence-electron chi connectivity index (χ0n) is 12.1. The van der Waals surface area contributed by atoms with Crippen molar-refractivity contribution in [2.24, 2.45) is 0 Å². The first kappa shape index (κ1) is 14.4. The molecule has 106 valence electrons. The van der Waals surface area contributed by atoms with Crippen LogP contribution in [0.5, 0.6) is 0 Å². The van der Waals surface area contributed by atoms with E-state index in [9.17, 15) is 5.11 Å². The lowest BCUT2D eigenvalue weighted by Gasteiger charge is -2.27. The zero-order valence-corrected chi connectivity index (χ0v) is 12.1. The van der Waals surface area contributed by atoms with Crippen molar-refractivity contribution in [1.29, 1.82) is 0 Å². The van der Waals surface area contributed by atoms with Crippen LogP contribution in [-0.4, -0.2) is 36.9 Å². The Morgan fingerprint density at radius 2 is 2.21 bits per heavy atom. The highest BCUT2D eigenvalue weighted by atomic mass is 16.3. The monoisotopic (exact) mass is 262 g/mol. The molecular formula is C16H26N2O. The van der Waals surface area contributed by atoms with Gasteiger partial charge in [0.05, 0.1) is 6.61 Å². The van der Waals surface area contributed by atoms with E-state index in [4.69, 9.17) is 0 Å². The van der Waals surface area contributed by atoms with Crippen molar-refractivity contribution in [3.8, 4) is 0 Å². The third-order valence-electron chi connectivity index (χ3n) is 3.97. The Morgan fingerprint density at radius 1 is 1.42 bits per heavy atom. The fraction of sp³-hybridized carbons (Fsp3) is 0.625. The Labute approximate surface area is 116 Å². The number of hydrogen-bond donors (Lipinski definition) is 2. The van der Waals surface area contributed by atoms with Gasteiger partial charge >= 0.3 is 0 Å². The highest BCUT2D eigenvalue weighted by Gasteiger charge is 2.25. The van der Waals surface area contributed by atoms with Gasteiger partial charge in [0.15, 0.2) is 0 Å². The number of nitrogens with zero attached hydrogens (tertiary/aromatic N) is 1. The standard InChI is InChI=1S/C16H26N2O/c1-3-9-17-15(12-19)8-10-18-13(2)11-14-6-4-5-7-16(14)18/h4-7,13,15,17,19H,3,8-12H2,1-2H3. The lowest BCUT2D eigenvalue weighted by atomic mass is 10.1. The van der Waals surface area contributed by atoms with E-state index >= 15 is 0 Å². The van der Waals surface area contributed by atoms with Gasteiger partial charge < -0.3 is 15.3 Å². The minimum Gasteiger partial charge on any atom is -0.395 e. The van der Waals surface area contributed by atoms with Crippen LogP contribution in [0.1, 0.15) is 32.3 Å². The van der Waals surface area contributed by atoms with Gasteiger partial charge in [0.1, 0.15) is 0 Å². The lowest BCUT2D eigenvalue weighted by Crippen LogP contribution is -2.38. The Hall–Kier alpha value is -1.06. The second kappa shape index (κ2) is 6.92. The molecular weight excluding hydrogens is 236 g/mol. The maximum absolute atomic E-state index is 9.41. The van der Waals surface area contributed by atoms with Crippen molar-refractivity contribution in [3.63, 3.8) is 0 Å². The summed E-state index contributed by atoms with van der Waals surface area (Å²) in [7, 11) is 0. The van der Waals surface area contributed by atoms with Crippen LogP contribution in [0.3, 0.4) is 0 Å². The third kappa shape index (κ3) is 3.48. The largest absolute Gasteiger partial charge is 0.395 e. The summed E-state index contributed by atoms with van der Waals surface area (Å²) >= 11 is 0. The molecule has 0 fully saturated rings. The number of nitrogens with one attached hydrogen (secondary N) is 1. The van der Waals surface area contributed by atoms with E-state index in [1.54, 1.807) is 0 Å². The highest BCUT2D eigenvalue weighted by molar-refractivity contribution is 5.59. The fourth-order valence-electron chi connectivity index (χ4n) is 2.87. The zero-order chi connectivity index (χ0) is 13.7. The molecule has 0 aliphatic carbocycles. The fourth-order valence-corrected chi connectivity index (χ4v) is 2.87. The number of benzene rings is 1. The summed E-state index contributed by atoms with van der Waals surface area (Å²) in [5.74, 6) is 0. The number of aliphatic hydroxyl groups excluding tert-OH is 1. The van der Waals surface area contributed by atoms with E-state index in [0.717, 1.165) is 32.4 Å². The molecule has 1 aliphatic rings. The first-order valence-corrected chi connectivity index (χ1v) is 7.45. The van der Waals surface area contributed by atoms with Crippen LogP contribution in [0.25, 0.3) is 0 Å². The highest BCUT2D eigenvalue weighted by Crippen LogP contribution is 2.31. The van der Waals surface area contributed by atoms with Gasteiger partial charge in [0.2, 0.25) is 0 Å². The maximum atomic E-state index is 9.41. The van der Waals surface area contributed by atoms with E-state index in [2.05, 4.69) is 48.3 Å². The molecule has 0 saturated heterocycles. The molecule has 2 atom stereocenters. The Bertz CT molecular complexity index is 394. The van der Waals surface area contributed by atoms with Gasteiger partial charge in [-0.25, -0.2) is 0 Å². The first-order valence-electron chi connectivity index (χ1n) is 7.45. The van der Waals surface area contributed by atoms with Gasteiger partial charge in [-0.3, -0.25) is 0 Å². The molecule has 19 heavy (non-hydrogen) atoms. The lowest BCUT2D eigenvalue weighted by molar-refractivity contribution is 0.236. The number of rotatable bonds is 7. The van der Waals surface area contributed by atoms with Crippen molar-refractivity contribution >= 4 is 5.69 Å². The minimum absolute atomic E-state index is 0.222. The summed E-state index contributed by atoms with van der Waals surface area (Å²) < 4.78 is 0. The van der Waals surface area contributed by atoms with E-state index < -0.39 is 0 Å². The molecule has 3 heteroatoms. The van der Waals surface area contributed by atoms with Crippen LogP contribution in [0.15, 0.2) is 24.3 Å². The van der Waals surface area contributed by atoms with Crippen molar-refractivity contribution < 1.29 is 5.11 Å². The second-order valence-electron chi connectivity index (χ2n) is 5.50. The Balaban J connectivity index is 1.92. The van der Waals surface area contributed by atoms with Crippen LogP contribution in [0.4, 0.5) is 5.69 Å². The van der Waals surface area contributed by atoms with E-state index in [-0.39, 0.29) is 12.6 Å². The SMILES string of the molecule is CCCNC(CO)CCN1c2ccccc2CC1C. The molecule has 0 radical (unpaired) electrons. The molecule has 0 aromatic heterocycles. The predicted molar refractivity (Wildman–Crippen MR) is 80.7 cm³/mol. The van der Waals surface area contributed by atoms with Crippen LogP contribution in [0, 0.1) is 0 Å². The van der Waals surface area contributed by atoms with Crippen molar-refractivity contribution in [2.75, 3.05) is 24.6 Å². The molecule has 0 amide bonds. The van der Waals surface area contributed by atoms with Crippen LogP contribution >= 0.6 is 0 Å². The molecule has 3 nitrogen and oxygen atoms in total. The quantitative estimate of drug-likeness (QED) is 0.790. The molecule has 1 heterocycles. The summed E-state index contributed by atoms with van der Waals surface area (Å²) in [6, 6.07) is 9.47. The first-order chi connectivity index (χ1) is 9.26. The molecule has 2 unspecified atom stereocenters. The topological polar surface area (TPSA) is 35.5 Å². The average molecular weight is 262 g/mol. The summed E-state index contributed by atoms with van der Waals surface area (Å²) in [4.78, 5) is 2.48.